The van der Waals surface area contributed by atoms with Gasteiger partial charge < -0.3 is 20.4 Å². The van der Waals surface area contributed by atoms with Crippen molar-refractivity contribution in [2.24, 2.45) is 23.7 Å². The average molecular weight is 515 g/mol. The number of carbonyl (C=O) groups excluding carboxylic acids is 4. The van der Waals surface area contributed by atoms with Gasteiger partial charge in [0.25, 0.3) is 0 Å². The van der Waals surface area contributed by atoms with E-state index < -0.39 is 0 Å². The molecule has 2 aromatic carbocycles. The molecular weight excluding hydrogens is 480 g/mol. The van der Waals surface area contributed by atoms with Crippen LogP contribution in [0.25, 0.3) is 11.1 Å². The molecule has 2 heterocycles. The zero-order valence-electron chi connectivity index (χ0n) is 21.5. The highest BCUT2D eigenvalue weighted by Crippen LogP contribution is 2.34. The van der Waals surface area contributed by atoms with Crippen LogP contribution in [0, 0.1) is 23.7 Å². The Balaban J connectivity index is 0.992. The van der Waals surface area contributed by atoms with Gasteiger partial charge in [-0.15, -0.1) is 0 Å². The van der Waals surface area contributed by atoms with Crippen LogP contribution >= 0.6 is 0 Å². The summed E-state index contributed by atoms with van der Waals surface area (Å²) >= 11 is 0. The fourth-order valence-corrected chi connectivity index (χ4v) is 5.51. The molecule has 2 aliphatic carbocycles. The van der Waals surface area contributed by atoms with Crippen molar-refractivity contribution in [1.82, 2.24) is 9.80 Å². The van der Waals surface area contributed by atoms with Crippen LogP contribution in [0.1, 0.15) is 38.5 Å². The van der Waals surface area contributed by atoms with E-state index in [1.165, 1.54) is 0 Å². The lowest BCUT2D eigenvalue weighted by Gasteiger charge is -2.16. The highest BCUT2D eigenvalue weighted by Gasteiger charge is 2.39. The van der Waals surface area contributed by atoms with Crippen molar-refractivity contribution in [2.75, 3.05) is 36.8 Å². The van der Waals surface area contributed by atoms with E-state index in [0.29, 0.717) is 39.0 Å². The van der Waals surface area contributed by atoms with Gasteiger partial charge in [-0.25, -0.2) is 0 Å². The Kier molecular flexibility index (Phi) is 6.64. The molecule has 4 aliphatic rings. The Bertz CT molecular complexity index is 1140. The van der Waals surface area contributed by atoms with Gasteiger partial charge in [-0.3, -0.25) is 19.2 Å². The third kappa shape index (κ3) is 5.44. The Labute approximate surface area is 222 Å². The van der Waals surface area contributed by atoms with Crippen LogP contribution < -0.4 is 10.6 Å². The lowest BCUT2D eigenvalue weighted by atomic mass is 10.0. The predicted octanol–water partition coefficient (Wildman–Crippen LogP) is 3.75. The summed E-state index contributed by atoms with van der Waals surface area (Å²) in [5.74, 6) is 0.407. The van der Waals surface area contributed by atoms with Gasteiger partial charge in [0.1, 0.15) is 0 Å². The number of carbonyl (C=O) groups is 4. The van der Waals surface area contributed by atoms with Crippen molar-refractivity contribution in [2.45, 2.75) is 38.5 Å². The van der Waals surface area contributed by atoms with Gasteiger partial charge in [0, 0.05) is 49.4 Å². The minimum absolute atomic E-state index is 0.0359. The Morgan fingerprint density at radius 2 is 0.895 bits per heavy atom. The molecule has 2 aliphatic heterocycles. The van der Waals surface area contributed by atoms with E-state index in [9.17, 15) is 19.2 Å². The largest absolute Gasteiger partial charge is 0.342 e. The lowest BCUT2D eigenvalue weighted by Crippen LogP contribution is -2.32. The van der Waals surface area contributed by atoms with Gasteiger partial charge in [0.2, 0.25) is 23.6 Å². The SMILES string of the molecule is O=C(Nc1ccc(-c2ccc(NC(=O)[C@H]3CCN(C(=O)C4CC4)C3)cc2)cc1)[C@@H]1CCN(C(=O)C2CC2)C1. The highest BCUT2D eigenvalue weighted by atomic mass is 16.2. The second-order valence-corrected chi connectivity index (χ2v) is 11.2. The first kappa shape index (κ1) is 24.6. The van der Waals surface area contributed by atoms with Gasteiger partial charge in [-0.2, -0.15) is 0 Å². The van der Waals surface area contributed by atoms with E-state index in [2.05, 4.69) is 10.6 Å². The predicted molar refractivity (Wildman–Crippen MR) is 144 cm³/mol. The summed E-state index contributed by atoms with van der Waals surface area (Å²) in [6.45, 7) is 2.36. The van der Waals surface area contributed by atoms with Crippen LogP contribution in [0.15, 0.2) is 48.5 Å². The molecule has 8 nitrogen and oxygen atoms in total. The molecule has 198 valence electrons. The van der Waals surface area contributed by atoms with E-state index in [1.54, 1.807) is 0 Å². The van der Waals surface area contributed by atoms with Crippen LogP contribution in [0.5, 0.6) is 0 Å². The number of hydrogen-bond donors (Lipinski definition) is 2. The number of rotatable bonds is 7. The van der Waals surface area contributed by atoms with E-state index in [0.717, 1.165) is 48.2 Å². The monoisotopic (exact) mass is 514 g/mol. The van der Waals surface area contributed by atoms with Crippen LogP contribution in [0.2, 0.25) is 0 Å². The smallest absolute Gasteiger partial charge is 0.229 e. The summed E-state index contributed by atoms with van der Waals surface area (Å²) in [4.78, 5) is 53.6. The first-order chi connectivity index (χ1) is 18.4. The molecule has 0 radical (unpaired) electrons. The summed E-state index contributed by atoms with van der Waals surface area (Å²) < 4.78 is 0. The van der Waals surface area contributed by atoms with E-state index >= 15 is 0 Å². The Morgan fingerprint density at radius 3 is 1.24 bits per heavy atom. The zero-order valence-corrected chi connectivity index (χ0v) is 21.5. The normalized spacial score (nSPS) is 22.8. The molecule has 0 aromatic heterocycles. The standard InChI is InChI=1S/C30H34N4O4/c35-27(23-13-15-33(17-23)29(37)21-1-2-21)31-25-9-5-19(6-10-25)20-7-11-26(12-8-20)32-28(36)24-14-16-34(18-24)30(38)22-3-4-22/h5-12,21-24H,1-4,13-18H2,(H,31,35)(H,32,36)/t23-,24+. The molecule has 38 heavy (non-hydrogen) atoms. The molecule has 2 aromatic rings. The molecule has 8 heteroatoms. The first-order valence-electron chi connectivity index (χ1n) is 13.8. The van der Waals surface area contributed by atoms with Crippen LogP contribution in [-0.4, -0.2) is 59.6 Å². The third-order valence-electron chi connectivity index (χ3n) is 8.23. The molecule has 2 saturated heterocycles. The number of amides is 4. The molecule has 0 bridgehead atoms. The maximum Gasteiger partial charge on any atom is 0.229 e. The third-order valence-corrected chi connectivity index (χ3v) is 8.23. The molecule has 4 amide bonds. The number of nitrogens with zero attached hydrogens (tertiary/aromatic N) is 2. The van der Waals surface area contributed by atoms with Crippen LogP contribution in [-0.2, 0) is 19.2 Å². The summed E-state index contributed by atoms with van der Waals surface area (Å²) in [6, 6.07) is 15.4. The van der Waals surface area contributed by atoms with Crippen LogP contribution in [0.3, 0.4) is 0 Å². The highest BCUT2D eigenvalue weighted by molar-refractivity contribution is 5.95. The maximum atomic E-state index is 12.7. The number of nitrogens with one attached hydrogen (secondary N) is 2. The quantitative estimate of drug-likeness (QED) is 0.588. The lowest BCUT2D eigenvalue weighted by molar-refractivity contribution is -0.132. The molecule has 2 saturated carbocycles. The van der Waals surface area contributed by atoms with Crippen LogP contribution in [0.4, 0.5) is 11.4 Å². The van der Waals surface area contributed by atoms with E-state index in [4.69, 9.17) is 0 Å². The Morgan fingerprint density at radius 1 is 0.526 bits per heavy atom. The maximum absolute atomic E-state index is 12.7. The molecular formula is C30H34N4O4. The van der Waals surface area contributed by atoms with Crippen molar-refractivity contribution in [3.63, 3.8) is 0 Å². The molecule has 2 N–H and O–H groups in total. The summed E-state index contributed by atoms with van der Waals surface area (Å²) in [5, 5.41) is 5.99. The van der Waals surface area contributed by atoms with Gasteiger partial charge in [0.15, 0.2) is 0 Å². The van der Waals surface area contributed by atoms with Crippen molar-refractivity contribution in [1.29, 1.82) is 0 Å². The fraction of sp³-hybridized carbons (Fsp3) is 0.467. The first-order valence-corrected chi connectivity index (χ1v) is 13.8. The van der Waals surface area contributed by atoms with Gasteiger partial charge in [-0.05, 0) is 73.9 Å². The van der Waals surface area contributed by atoms with E-state index in [1.807, 2.05) is 58.3 Å². The molecule has 0 spiro atoms. The number of anilines is 2. The van der Waals surface area contributed by atoms with E-state index in [-0.39, 0.29) is 47.3 Å². The summed E-state index contributed by atoms with van der Waals surface area (Å²) in [7, 11) is 0. The minimum Gasteiger partial charge on any atom is -0.342 e. The minimum atomic E-state index is -0.161. The number of likely N-dealkylation sites (tertiary alicyclic amines) is 2. The molecule has 2 atom stereocenters. The Hall–Kier alpha value is -3.68. The number of hydrogen-bond acceptors (Lipinski definition) is 4. The van der Waals surface area contributed by atoms with Gasteiger partial charge in [0.05, 0.1) is 11.8 Å². The topological polar surface area (TPSA) is 98.8 Å². The fourth-order valence-electron chi connectivity index (χ4n) is 5.51. The molecule has 0 unspecified atom stereocenters. The van der Waals surface area contributed by atoms with Gasteiger partial charge in [-0.1, -0.05) is 24.3 Å². The van der Waals surface area contributed by atoms with Crippen molar-refractivity contribution < 1.29 is 19.2 Å². The van der Waals surface area contributed by atoms with Crippen molar-refractivity contribution in [3.05, 3.63) is 48.5 Å². The summed E-state index contributed by atoms with van der Waals surface area (Å²) in [6.07, 6.45) is 5.36. The van der Waals surface area contributed by atoms with Crippen molar-refractivity contribution >= 4 is 35.0 Å². The number of benzene rings is 2. The second-order valence-electron chi connectivity index (χ2n) is 11.2. The average Bonchev–Trinajstić information content (AvgIpc) is 3.86. The molecule has 4 fully saturated rings. The van der Waals surface area contributed by atoms with Gasteiger partial charge >= 0.3 is 0 Å². The summed E-state index contributed by atoms with van der Waals surface area (Å²) in [5.41, 5.74) is 3.49. The zero-order chi connectivity index (χ0) is 26.2. The molecule has 6 rings (SSSR count). The second kappa shape index (κ2) is 10.2. The van der Waals surface area contributed by atoms with Crippen molar-refractivity contribution in [3.8, 4) is 11.1 Å².